The Balaban J connectivity index is 1.42. The number of hydrogen-bond donors (Lipinski definition) is 3. The maximum Gasteiger partial charge on any atom is 0.265 e. The Morgan fingerprint density at radius 1 is 0.788 bits per heavy atom. The van der Waals surface area contributed by atoms with E-state index in [1.165, 1.54) is 0 Å². The number of rotatable bonds is 9. The van der Waals surface area contributed by atoms with Crippen LogP contribution in [-0.2, 0) is 4.79 Å². The third kappa shape index (κ3) is 7.21. The van der Waals surface area contributed by atoms with Gasteiger partial charge in [-0.3, -0.25) is 14.4 Å². The van der Waals surface area contributed by atoms with Crippen LogP contribution in [0.25, 0.3) is 0 Å². The lowest BCUT2D eigenvalue weighted by molar-refractivity contribution is -0.122. The van der Waals surface area contributed by atoms with Gasteiger partial charge in [0.05, 0.1) is 0 Å². The van der Waals surface area contributed by atoms with E-state index in [0.717, 1.165) is 5.56 Å². The van der Waals surface area contributed by atoms with Crippen molar-refractivity contribution in [3.05, 3.63) is 95.6 Å². The molecule has 3 rings (SSSR count). The second-order valence-corrected chi connectivity index (χ2v) is 7.52. The summed E-state index contributed by atoms with van der Waals surface area (Å²) in [6, 6.07) is 22.9. The monoisotopic (exact) mass is 445 g/mol. The molecule has 7 nitrogen and oxygen atoms in total. The van der Waals surface area contributed by atoms with Crippen molar-refractivity contribution >= 4 is 23.4 Å². The number of nitrogens with one attached hydrogen (secondary N) is 3. The first-order valence-electron chi connectivity index (χ1n) is 10.7. The van der Waals surface area contributed by atoms with Crippen molar-refractivity contribution in [2.45, 2.75) is 20.0 Å². The van der Waals surface area contributed by atoms with Crippen molar-refractivity contribution in [3.63, 3.8) is 0 Å². The summed E-state index contributed by atoms with van der Waals surface area (Å²) < 4.78 is 5.68. The van der Waals surface area contributed by atoms with E-state index >= 15 is 0 Å². The Hall–Kier alpha value is -4.13. The third-order valence-electron chi connectivity index (χ3n) is 4.82. The average molecular weight is 446 g/mol. The highest BCUT2D eigenvalue weighted by Gasteiger charge is 2.15. The Bertz CT molecular complexity index is 1100. The lowest BCUT2D eigenvalue weighted by Crippen LogP contribution is -2.34. The molecule has 3 amide bonds. The van der Waals surface area contributed by atoms with Crippen LogP contribution < -0.4 is 20.7 Å². The zero-order valence-electron chi connectivity index (χ0n) is 18.6. The number of hydrogen-bond acceptors (Lipinski definition) is 4. The standard InChI is InChI=1S/C26H27N3O4/c1-18-7-6-10-23(17-18)33-19(2)24(30)29-22-13-11-21(12-14-22)26(32)28-16-15-27-25(31)20-8-4-3-5-9-20/h3-14,17,19H,15-16H2,1-2H3,(H,27,31)(H,28,32)(H,29,30). The fourth-order valence-electron chi connectivity index (χ4n) is 3.04. The van der Waals surface area contributed by atoms with Gasteiger partial charge >= 0.3 is 0 Å². The maximum absolute atomic E-state index is 12.4. The van der Waals surface area contributed by atoms with Gasteiger partial charge in [-0.2, -0.15) is 0 Å². The van der Waals surface area contributed by atoms with Gasteiger partial charge in [-0.05, 0) is 67.9 Å². The van der Waals surface area contributed by atoms with E-state index in [0.29, 0.717) is 35.7 Å². The molecule has 0 radical (unpaired) electrons. The van der Waals surface area contributed by atoms with Gasteiger partial charge in [0.2, 0.25) is 0 Å². The van der Waals surface area contributed by atoms with Gasteiger partial charge in [-0.15, -0.1) is 0 Å². The summed E-state index contributed by atoms with van der Waals surface area (Å²) >= 11 is 0. The topological polar surface area (TPSA) is 96.5 Å². The van der Waals surface area contributed by atoms with E-state index in [1.54, 1.807) is 61.5 Å². The van der Waals surface area contributed by atoms with Crippen molar-refractivity contribution in [2.75, 3.05) is 18.4 Å². The summed E-state index contributed by atoms with van der Waals surface area (Å²) in [5.74, 6) is -0.115. The molecule has 0 aliphatic heterocycles. The van der Waals surface area contributed by atoms with Gasteiger partial charge in [0, 0.05) is 29.9 Å². The van der Waals surface area contributed by atoms with Crippen molar-refractivity contribution in [2.24, 2.45) is 0 Å². The highest BCUT2D eigenvalue weighted by atomic mass is 16.5. The fourth-order valence-corrected chi connectivity index (χ4v) is 3.04. The van der Waals surface area contributed by atoms with E-state index in [9.17, 15) is 14.4 Å². The fraction of sp³-hybridized carbons (Fsp3) is 0.192. The summed E-state index contributed by atoms with van der Waals surface area (Å²) in [5.41, 5.74) is 2.63. The lowest BCUT2D eigenvalue weighted by Gasteiger charge is -2.15. The molecular formula is C26H27N3O4. The Labute approximate surface area is 193 Å². The Kier molecular flexibility index (Phi) is 8.18. The maximum atomic E-state index is 12.4. The molecule has 3 aromatic carbocycles. The van der Waals surface area contributed by atoms with Crippen molar-refractivity contribution in [1.82, 2.24) is 10.6 Å². The van der Waals surface area contributed by atoms with Gasteiger partial charge < -0.3 is 20.7 Å². The van der Waals surface area contributed by atoms with Crippen molar-refractivity contribution in [1.29, 1.82) is 0 Å². The molecule has 0 aliphatic carbocycles. The molecule has 1 unspecified atom stereocenters. The zero-order chi connectivity index (χ0) is 23.6. The lowest BCUT2D eigenvalue weighted by atomic mass is 10.2. The molecule has 0 saturated carbocycles. The Morgan fingerprint density at radius 2 is 1.39 bits per heavy atom. The van der Waals surface area contributed by atoms with Crippen LogP contribution in [0.4, 0.5) is 5.69 Å². The molecule has 3 N–H and O–H groups in total. The highest BCUT2D eigenvalue weighted by molar-refractivity contribution is 5.97. The third-order valence-corrected chi connectivity index (χ3v) is 4.82. The highest BCUT2D eigenvalue weighted by Crippen LogP contribution is 2.15. The van der Waals surface area contributed by atoms with Crippen LogP contribution in [0.15, 0.2) is 78.9 Å². The summed E-state index contributed by atoms with van der Waals surface area (Å²) in [5, 5.41) is 8.29. The van der Waals surface area contributed by atoms with Crippen LogP contribution in [0.5, 0.6) is 5.75 Å². The molecule has 0 aromatic heterocycles. The molecule has 170 valence electrons. The molecule has 33 heavy (non-hydrogen) atoms. The molecule has 0 spiro atoms. The molecule has 0 heterocycles. The molecule has 0 bridgehead atoms. The molecule has 7 heteroatoms. The molecule has 1 atom stereocenters. The van der Waals surface area contributed by atoms with Crippen LogP contribution in [0.3, 0.4) is 0 Å². The average Bonchev–Trinajstić information content (AvgIpc) is 2.82. The largest absolute Gasteiger partial charge is 0.481 e. The van der Waals surface area contributed by atoms with Crippen molar-refractivity contribution < 1.29 is 19.1 Å². The van der Waals surface area contributed by atoms with Gasteiger partial charge in [0.1, 0.15) is 5.75 Å². The minimum atomic E-state index is -0.680. The van der Waals surface area contributed by atoms with Gasteiger partial charge in [0.25, 0.3) is 17.7 Å². The summed E-state index contributed by atoms with van der Waals surface area (Å²) in [7, 11) is 0. The minimum Gasteiger partial charge on any atom is -0.481 e. The second kappa shape index (κ2) is 11.5. The molecule has 0 saturated heterocycles. The minimum absolute atomic E-state index is 0.189. The Morgan fingerprint density at radius 3 is 2.00 bits per heavy atom. The summed E-state index contributed by atoms with van der Waals surface area (Å²) in [6.45, 7) is 4.24. The van der Waals surface area contributed by atoms with Crippen LogP contribution >= 0.6 is 0 Å². The predicted molar refractivity (Wildman–Crippen MR) is 127 cm³/mol. The smallest absolute Gasteiger partial charge is 0.265 e. The van der Waals surface area contributed by atoms with Crippen LogP contribution in [0.1, 0.15) is 33.2 Å². The number of aryl methyl sites for hydroxylation is 1. The van der Waals surface area contributed by atoms with E-state index in [-0.39, 0.29) is 17.7 Å². The van der Waals surface area contributed by atoms with Gasteiger partial charge in [-0.1, -0.05) is 30.3 Å². The van der Waals surface area contributed by atoms with Crippen LogP contribution in [-0.4, -0.2) is 36.9 Å². The zero-order valence-corrected chi connectivity index (χ0v) is 18.6. The number of amides is 3. The summed E-state index contributed by atoms with van der Waals surface area (Å²) in [6.07, 6.45) is -0.680. The number of anilines is 1. The predicted octanol–water partition coefficient (Wildman–Crippen LogP) is 3.56. The molecule has 0 aliphatic rings. The normalized spacial score (nSPS) is 11.2. The van der Waals surface area contributed by atoms with E-state index in [2.05, 4.69) is 16.0 Å². The van der Waals surface area contributed by atoms with E-state index in [4.69, 9.17) is 4.74 Å². The first-order chi connectivity index (χ1) is 15.9. The summed E-state index contributed by atoms with van der Waals surface area (Å²) in [4.78, 5) is 36.7. The molecule has 3 aromatic rings. The van der Waals surface area contributed by atoms with Gasteiger partial charge in [0.15, 0.2) is 6.10 Å². The van der Waals surface area contributed by atoms with Crippen molar-refractivity contribution in [3.8, 4) is 5.75 Å². The number of carbonyl (C=O) groups excluding carboxylic acids is 3. The van der Waals surface area contributed by atoms with Gasteiger partial charge in [-0.25, -0.2) is 0 Å². The SMILES string of the molecule is Cc1cccc(OC(C)C(=O)Nc2ccc(C(=O)NCCNC(=O)c3ccccc3)cc2)c1. The quantitative estimate of drug-likeness (QED) is 0.439. The number of benzene rings is 3. The number of carbonyl (C=O) groups is 3. The second-order valence-electron chi connectivity index (χ2n) is 7.52. The van der Waals surface area contributed by atoms with E-state index in [1.807, 2.05) is 31.2 Å². The van der Waals surface area contributed by atoms with E-state index < -0.39 is 6.10 Å². The van der Waals surface area contributed by atoms with Crippen LogP contribution in [0.2, 0.25) is 0 Å². The van der Waals surface area contributed by atoms with Crippen LogP contribution in [0, 0.1) is 6.92 Å². The molecule has 0 fully saturated rings. The first kappa shape index (κ1) is 23.5. The molecular weight excluding hydrogens is 418 g/mol. The number of ether oxygens (including phenoxy) is 1. The first-order valence-corrected chi connectivity index (χ1v) is 10.7.